The van der Waals surface area contributed by atoms with Crippen molar-refractivity contribution in [3.8, 4) is 0 Å². The third-order valence-corrected chi connectivity index (χ3v) is 0.541. The molecule has 0 bridgehead atoms. The first-order valence-corrected chi connectivity index (χ1v) is 3.44. The van der Waals surface area contributed by atoms with E-state index in [9.17, 15) is 0 Å². The van der Waals surface area contributed by atoms with Gasteiger partial charge in [-0.05, 0) is 6.92 Å². The van der Waals surface area contributed by atoms with Crippen LogP contribution in [0.5, 0.6) is 0 Å². The fourth-order valence-electron chi connectivity index (χ4n) is 0.183. The van der Waals surface area contributed by atoms with Gasteiger partial charge in [-0.1, -0.05) is 18.7 Å². The predicted molar refractivity (Wildman–Crippen MR) is 46.2 cm³/mol. The summed E-state index contributed by atoms with van der Waals surface area (Å²) < 4.78 is 0. The summed E-state index contributed by atoms with van der Waals surface area (Å²) in [5, 5.41) is 15.2. The minimum Gasteiger partial charge on any atom is -0.394 e. The number of aliphatic hydroxyl groups excluding tert-OH is 2. The first kappa shape index (κ1) is 13.7. The molecule has 0 spiro atoms. The zero-order chi connectivity index (χ0) is 9.82. The molecular weight excluding hydrogens is 160 g/mol. The lowest BCUT2D eigenvalue weighted by molar-refractivity contribution is -0.240. The Morgan fingerprint density at radius 1 is 1.42 bits per heavy atom. The standard InChI is InChI=1S/C6H10O2.C2H6O2/c1-4-7-8-5-6(2)3;3-1-2-4/h4H,1-2,5H2,3H3;3-4H,1-2H2. The Balaban J connectivity index is 0. The summed E-state index contributed by atoms with van der Waals surface area (Å²) in [7, 11) is 0. The highest BCUT2D eigenvalue weighted by Gasteiger charge is 1.82. The molecule has 0 saturated heterocycles. The monoisotopic (exact) mass is 176 g/mol. The smallest absolute Gasteiger partial charge is 0.122 e. The second kappa shape index (κ2) is 12.8. The van der Waals surface area contributed by atoms with Gasteiger partial charge in [0, 0.05) is 0 Å². The Morgan fingerprint density at radius 2 is 1.92 bits per heavy atom. The van der Waals surface area contributed by atoms with Crippen molar-refractivity contribution >= 4 is 0 Å². The number of aliphatic hydroxyl groups is 2. The Kier molecular flexibility index (Phi) is 14.6. The van der Waals surface area contributed by atoms with Crippen molar-refractivity contribution < 1.29 is 20.0 Å². The molecule has 0 aromatic heterocycles. The van der Waals surface area contributed by atoms with Crippen LogP contribution in [0.15, 0.2) is 25.0 Å². The normalized spacial score (nSPS) is 7.92. The quantitative estimate of drug-likeness (QED) is 0.212. The Hall–Kier alpha value is -0.840. The van der Waals surface area contributed by atoms with Crippen LogP contribution in [0.25, 0.3) is 0 Å². The Bertz CT molecular complexity index is 110. The summed E-state index contributed by atoms with van der Waals surface area (Å²) in [6.07, 6.45) is 1.23. The minimum atomic E-state index is -0.125. The molecule has 0 radical (unpaired) electrons. The van der Waals surface area contributed by atoms with Crippen LogP contribution in [0.3, 0.4) is 0 Å². The molecule has 0 aliphatic carbocycles. The van der Waals surface area contributed by atoms with Crippen molar-refractivity contribution in [1.82, 2.24) is 0 Å². The molecular formula is C8H16O4. The van der Waals surface area contributed by atoms with Gasteiger partial charge in [-0.25, -0.2) is 0 Å². The molecule has 0 unspecified atom stereocenters. The van der Waals surface area contributed by atoms with Crippen molar-refractivity contribution in [2.75, 3.05) is 19.8 Å². The van der Waals surface area contributed by atoms with E-state index < -0.39 is 0 Å². The molecule has 0 aromatic carbocycles. The maximum absolute atomic E-state index is 7.62. The molecule has 12 heavy (non-hydrogen) atoms. The maximum Gasteiger partial charge on any atom is 0.122 e. The van der Waals surface area contributed by atoms with Crippen molar-refractivity contribution in [3.05, 3.63) is 25.0 Å². The van der Waals surface area contributed by atoms with Crippen LogP contribution in [0.2, 0.25) is 0 Å². The summed E-state index contributed by atoms with van der Waals surface area (Å²) in [4.78, 5) is 8.87. The molecule has 2 N–H and O–H groups in total. The van der Waals surface area contributed by atoms with Crippen molar-refractivity contribution in [2.45, 2.75) is 6.92 Å². The lowest BCUT2D eigenvalue weighted by atomic mass is 10.4. The summed E-state index contributed by atoms with van der Waals surface area (Å²) in [5.41, 5.74) is 0.923. The van der Waals surface area contributed by atoms with E-state index in [4.69, 9.17) is 10.2 Å². The van der Waals surface area contributed by atoms with Gasteiger partial charge in [-0.2, -0.15) is 4.89 Å². The van der Waals surface area contributed by atoms with Gasteiger partial charge in [0.25, 0.3) is 0 Å². The van der Waals surface area contributed by atoms with Gasteiger partial charge >= 0.3 is 0 Å². The van der Waals surface area contributed by atoms with Gasteiger partial charge in [0.15, 0.2) is 0 Å². The fourth-order valence-corrected chi connectivity index (χ4v) is 0.183. The Labute approximate surface area is 72.7 Å². The van der Waals surface area contributed by atoms with E-state index in [0.29, 0.717) is 6.61 Å². The fraction of sp³-hybridized carbons (Fsp3) is 0.500. The number of rotatable bonds is 5. The first-order chi connectivity index (χ1) is 5.68. The van der Waals surface area contributed by atoms with E-state index in [1.807, 2.05) is 6.92 Å². The second-order valence-corrected chi connectivity index (χ2v) is 1.93. The zero-order valence-corrected chi connectivity index (χ0v) is 7.32. The third kappa shape index (κ3) is 22.9. The minimum absolute atomic E-state index is 0.125. The van der Waals surface area contributed by atoms with Crippen LogP contribution in [0.1, 0.15) is 6.92 Å². The molecule has 0 aliphatic heterocycles. The summed E-state index contributed by atoms with van der Waals surface area (Å²) >= 11 is 0. The molecule has 0 fully saturated rings. The van der Waals surface area contributed by atoms with Gasteiger partial charge in [-0.3, -0.25) is 0 Å². The van der Waals surface area contributed by atoms with Crippen LogP contribution in [-0.4, -0.2) is 30.0 Å². The van der Waals surface area contributed by atoms with Crippen LogP contribution in [-0.2, 0) is 9.78 Å². The predicted octanol–water partition coefficient (Wildman–Crippen LogP) is 0.625. The van der Waals surface area contributed by atoms with Crippen LogP contribution >= 0.6 is 0 Å². The van der Waals surface area contributed by atoms with E-state index in [2.05, 4.69) is 22.9 Å². The molecule has 72 valence electrons. The summed E-state index contributed by atoms with van der Waals surface area (Å²) in [6.45, 7) is 8.89. The lowest BCUT2D eigenvalue weighted by Crippen LogP contribution is -1.90. The van der Waals surface area contributed by atoms with Crippen molar-refractivity contribution in [3.63, 3.8) is 0 Å². The number of hydrogen-bond donors (Lipinski definition) is 2. The molecule has 4 nitrogen and oxygen atoms in total. The average molecular weight is 176 g/mol. The van der Waals surface area contributed by atoms with Crippen LogP contribution < -0.4 is 0 Å². The maximum atomic E-state index is 7.62. The first-order valence-electron chi connectivity index (χ1n) is 3.44. The topological polar surface area (TPSA) is 58.9 Å². The molecule has 4 heteroatoms. The van der Waals surface area contributed by atoms with Crippen LogP contribution in [0, 0.1) is 0 Å². The highest BCUT2D eigenvalue weighted by atomic mass is 17.2. The van der Waals surface area contributed by atoms with Gasteiger partial charge in [0.1, 0.15) is 12.9 Å². The van der Waals surface area contributed by atoms with Gasteiger partial charge in [-0.15, -0.1) is 0 Å². The van der Waals surface area contributed by atoms with E-state index in [0.717, 1.165) is 5.57 Å². The summed E-state index contributed by atoms with van der Waals surface area (Å²) in [6, 6.07) is 0. The van der Waals surface area contributed by atoms with E-state index in [-0.39, 0.29) is 13.2 Å². The average Bonchev–Trinajstić information content (AvgIpc) is 2.05. The van der Waals surface area contributed by atoms with Gasteiger partial charge in [0.2, 0.25) is 0 Å². The molecule has 0 aliphatic rings. The zero-order valence-electron chi connectivity index (χ0n) is 7.32. The Morgan fingerprint density at radius 3 is 2.17 bits per heavy atom. The molecule has 0 amide bonds. The molecule has 0 rings (SSSR count). The van der Waals surface area contributed by atoms with Gasteiger partial charge in [0.05, 0.1) is 13.2 Å². The molecule has 0 saturated carbocycles. The molecule has 0 atom stereocenters. The molecule has 0 heterocycles. The van der Waals surface area contributed by atoms with Crippen molar-refractivity contribution in [2.24, 2.45) is 0 Å². The molecule has 0 aromatic rings. The SMILES string of the molecule is C=COOCC(=C)C.OCCO. The highest BCUT2D eigenvalue weighted by molar-refractivity contribution is 4.86. The van der Waals surface area contributed by atoms with E-state index >= 15 is 0 Å². The number of hydrogen-bond acceptors (Lipinski definition) is 4. The lowest BCUT2D eigenvalue weighted by Gasteiger charge is -1.96. The largest absolute Gasteiger partial charge is 0.394 e. The van der Waals surface area contributed by atoms with Gasteiger partial charge < -0.3 is 15.1 Å². The van der Waals surface area contributed by atoms with E-state index in [1.165, 1.54) is 6.26 Å². The van der Waals surface area contributed by atoms with Crippen molar-refractivity contribution in [1.29, 1.82) is 0 Å². The highest BCUT2D eigenvalue weighted by Crippen LogP contribution is 1.87. The second-order valence-electron chi connectivity index (χ2n) is 1.93. The third-order valence-electron chi connectivity index (χ3n) is 0.541. The van der Waals surface area contributed by atoms with Crippen LogP contribution in [0.4, 0.5) is 0 Å². The van der Waals surface area contributed by atoms with E-state index in [1.54, 1.807) is 0 Å². The summed E-state index contributed by atoms with van der Waals surface area (Å²) in [5.74, 6) is 0.